The zero-order valence-corrected chi connectivity index (χ0v) is 13.7. The van der Waals surface area contributed by atoms with Gasteiger partial charge in [-0.3, -0.25) is 4.79 Å². The topological polar surface area (TPSA) is 36.2 Å². The molecule has 4 nitrogen and oxygen atoms in total. The SMILES string of the molecule is Cc1cccc[n+]1CC(=O)Nc1ccc(N2CCCCC2)cc1. The van der Waals surface area contributed by atoms with Crippen LogP contribution in [0, 0.1) is 6.92 Å². The molecule has 1 saturated heterocycles. The van der Waals surface area contributed by atoms with E-state index in [9.17, 15) is 4.79 Å². The Morgan fingerprint density at radius 1 is 1.09 bits per heavy atom. The predicted octanol–water partition coefficient (Wildman–Crippen LogP) is 2.91. The van der Waals surface area contributed by atoms with Crippen LogP contribution in [0.15, 0.2) is 48.7 Å². The highest BCUT2D eigenvalue weighted by molar-refractivity contribution is 5.89. The van der Waals surface area contributed by atoms with Gasteiger partial charge in [0.25, 0.3) is 5.91 Å². The maximum Gasteiger partial charge on any atom is 0.290 e. The first-order chi connectivity index (χ1) is 11.2. The van der Waals surface area contributed by atoms with Crippen LogP contribution in [0.25, 0.3) is 0 Å². The third-order valence-corrected chi connectivity index (χ3v) is 4.35. The van der Waals surface area contributed by atoms with Crippen molar-refractivity contribution in [3.63, 3.8) is 0 Å². The first kappa shape index (κ1) is 15.5. The predicted molar refractivity (Wildman–Crippen MR) is 92.5 cm³/mol. The van der Waals surface area contributed by atoms with E-state index in [1.165, 1.54) is 24.9 Å². The van der Waals surface area contributed by atoms with Crippen molar-refractivity contribution in [2.24, 2.45) is 0 Å². The number of aromatic nitrogens is 1. The summed E-state index contributed by atoms with van der Waals surface area (Å²) in [6.07, 6.45) is 5.80. The van der Waals surface area contributed by atoms with Crippen molar-refractivity contribution in [1.82, 2.24) is 0 Å². The largest absolute Gasteiger partial charge is 0.372 e. The van der Waals surface area contributed by atoms with E-state index in [1.807, 2.05) is 48.0 Å². The minimum Gasteiger partial charge on any atom is -0.372 e. The summed E-state index contributed by atoms with van der Waals surface area (Å²) in [5.74, 6) is -0.00461. The van der Waals surface area contributed by atoms with E-state index in [-0.39, 0.29) is 5.91 Å². The highest BCUT2D eigenvalue weighted by Gasteiger charge is 2.13. The molecule has 2 heterocycles. The van der Waals surface area contributed by atoms with Crippen LogP contribution in [0.3, 0.4) is 0 Å². The minimum atomic E-state index is -0.00461. The molecule has 1 aliphatic rings. The average molecular weight is 310 g/mol. The molecule has 2 aromatic rings. The summed E-state index contributed by atoms with van der Waals surface area (Å²) in [4.78, 5) is 14.6. The molecule has 3 rings (SSSR count). The second-order valence-corrected chi connectivity index (χ2v) is 6.11. The number of hydrogen-bond acceptors (Lipinski definition) is 2. The number of anilines is 2. The molecular formula is C19H24N3O+. The number of benzene rings is 1. The van der Waals surface area contributed by atoms with E-state index >= 15 is 0 Å². The summed E-state index contributed by atoms with van der Waals surface area (Å²) >= 11 is 0. The van der Waals surface area contributed by atoms with Gasteiger partial charge in [0.05, 0.1) is 0 Å². The lowest BCUT2D eigenvalue weighted by Gasteiger charge is -2.28. The zero-order valence-electron chi connectivity index (χ0n) is 13.7. The Balaban J connectivity index is 1.59. The first-order valence-electron chi connectivity index (χ1n) is 8.32. The van der Waals surface area contributed by atoms with Crippen molar-refractivity contribution < 1.29 is 9.36 Å². The van der Waals surface area contributed by atoms with Gasteiger partial charge in [0, 0.05) is 43.5 Å². The van der Waals surface area contributed by atoms with Crippen molar-refractivity contribution in [1.29, 1.82) is 0 Å². The van der Waals surface area contributed by atoms with Crippen LogP contribution < -0.4 is 14.8 Å². The molecule has 120 valence electrons. The van der Waals surface area contributed by atoms with Crippen molar-refractivity contribution in [2.45, 2.75) is 32.7 Å². The maximum atomic E-state index is 12.2. The number of hydrogen-bond donors (Lipinski definition) is 1. The average Bonchev–Trinajstić information content (AvgIpc) is 2.58. The molecule has 4 heteroatoms. The van der Waals surface area contributed by atoms with Gasteiger partial charge in [-0.25, -0.2) is 0 Å². The summed E-state index contributed by atoms with van der Waals surface area (Å²) in [5.41, 5.74) is 3.17. The van der Waals surface area contributed by atoms with E-state index in [1.54, 1.807) is 0 Å². The standard InChI is InChI=1S/C19H23N3O/c1-16-7-3-6-14-22(16)15-19(23)20-17-8-10-18(11-9-17)21-12-4-2-5-13-21/h3,6-11,14H,2,4-5,12-13,15H2,1H3/p+1. The smallest absolute Gasteiger partial charge is 0.290 e. The van der Waals surface area contributed by atoms with Gasteiger partial charge in [-0.15, -0.1) is 0 Å². The Morgan fingerprint density at radius 2 is 1.83 bits per heavy atom. The summed E-state index contributed by atoms with van der Waals surface area (Å²) in [6, 6.07) is 14.1. The Morgan fingerprint density at radius 3 is 2.52 bits per heavy atom. The summed E-state index contributed by atoms with van der Waals surface area (Å²) in [6.45, 7) is 4.60. The Bertz CT molecular complexity index is 661. The summed E-state index contributed by atoms with van der Waals surface area (Å²) < 4.78 is 1.94. The van der Waals surface area contributed by atoms with Crippen LogP contribution >= 0.6 is 0 Å². The van der Waals surface area contributed by atoms with Gasteiger partial charge in [-0.1, -0.05) is 6.07 Å². The number of piperidine rings is 1. The number of carbonyl (C=O) groups excluding carboxylic acids is 1. The fourth-order valence-corrected chi connectivity index (χ4v) is 3.00. The normalized spacial score (nSPS) is 14.6. The molecule has 1 aliphatic heterocycles. The van der Waals surface area contributed by atoms with Crippen molar-refractivity contribution in [3.8, 4) is 0 Å². The Hall–Kier alpha value is -2.36. The lowest BCUT2D eigenvalue weighted by atomic mass is 10.1. The molecule has 0 spiro atoms. The number of amides is 1. The van der Waals surface area contributed by atoms with Crippen molar-refractivity contribution in [3.05, 3.63) is 54.4 Å². The van der Waals surface area contributed by atoms with E-state index in [0.717, 1.165) is 24.5 Å². The van der Waals surface area contributed by atoms with Gasteiger partial charge in [-0.05, 0) is 43.5 Å². The van der Waals surface area contributed by atoms with Gasteiger partial charge in [-0.2, -0.15) is 4.57 Å². The molecular weight excluding hydrogens is 286 g/mol. The summed E-state index contributed by atoms with van der Waals surface area (Å²) in [7, 11) is 0. The molecule has 0 atom stereocenters. The van der Waals surface area contributed by atoms with E-state index in [4.69, 9.17) is 0 Å². The molecule has 1 aromatic heterocycles. The fourth-order valence-electron chi connectivity index (χ4n) is 3.00. The van der Waals surface area contributed by atoms with E-state index in [2.05, 4.69) is 22.3 Å². The molecule has 0 unspecified atom stereocenters. The third kappa shape index (κ3) is 4.09. The Kier molecular flexibility index (Phi) is 4.91. The number of rotatable bonds is 4. The van der Waals surface area contributed by atoms with Crippen LogP contribution in [-0.2, 0) is 11.3 Å². The van der Waals surface area contributed by atoms with Gasteiger partial charge in [0.15, 0.2) is 11.9 Å². The number of aryl methyl sites for hydroxylation is 1. The second-order valence-electron chi connectivity index (χ2n) is 6.11. The molecule has 0 aliphatic carbocycles. The van der Waals surface area contributed by atoms with Gasteiger partial charge < -0.3 is 10.2 Å². The molecule has 1 fully saturated rings. The molecule has 1 aromatic carbocycles. The molecule has 0 radical (unpaired) electrons. The summed E-state index contributed by atoms with van der Waals surface area (Å²) in [5, 5.41) is 2.97. The van der Waals surface area contributed by atoms with Gasteiger partial charge in [0.2, 0.25) is 6.54 Å². The third-order valence-electron chi connectivity index (χ3n) is 4.35. The van der Waals surface area contributed by atoms with Crippen LogP contribution in [0.4, 0.5) is 11.4 Å². The number of pyridine rings is 1. The lowest BCUT2D eigenvalue weighted by molar-refractivity contribution is -0.690. The molecule has 0 bridgehead atoms. The van der Waals surface area contributed by atoms with Crippen molar-refractivity contribution >= 4 is 17.3 Å². The number of carbonyl (C=O) groups is 1. The lowest BCUT2D eigenvalue weighted by Crippen LogP contribution is -2.42. The van der Waals surface area contributed by atoms with Gasteiger partial charge >= 0.3 is 0 Å². The maximum absolute atomic E-state index is 12.2. The van der Waals surface area contributed by atoms with Crippen LogP contribution in [0.5, 0.6) is 0 Å². The highest BCUT2D eigenvalue weighted by atomic mass is 16.1. The quantitative estimate of drug-likeness (QED) is 0.882. The minimum absolute atomic E-state index is 0.00461. The van der Waals surface area contributed by atoms with E-state index in [0.29, 0.717) is 6.54 Å². The van der Waals surface area contributed by atoms with Crippen LogP contribution in [-0.4, -0.2) is 19.0 Å². The number of nitrogens with one attached hydrogen (secondary N) is 1. The molecule has 1 amide bonds. The van der Waals surface area contributed by atoms with Gasteiger partial charge in [0.1, 0.15) is 0 Å². The zero-order chi connectivity index (χ0) is 16.1. The monoisotopic (exact) mass is 310 g/mol. The van der Waals surface area contributed by atoms with Crippen LogP contribution in [0.1, 0.15) is 25.0 Å². The first-order valence-corrected chi connectivity index (χ1v) is 8.32. The number of nitrogens with zero attached hydrogens (tertiary/aromatic N) is 2. The van der Waals surface area contributed by atoms with Crippen molar-refractivity contribution in [2.75, 3.05) is 23.3 Å². The van der Waals surface area contributed by atoms with E-state index < -0.39 is 0 Å². The Labute approximate surface area is 137 Å². The fraction of sp³-hybridized carbons (Fsp3) is 0.368. The van der Waals surface area contributed by atoms with Crippen LogP contribution in [0.2, 0.25) is 0 Å². The second kappa shape index (κ2) is 7.27. The highest BCUT2D eigenvalue weighted by Crippen LogP contribution is 2.21. The molecule has 1 N–H and O–H groups in total. The molecule has 23 heavy (non-hydrogen) atoms. The molecule has 0 saturated carbocycles.